The summed E-state index contributed by atoms with van der Waals surface area (Å²) in [5.41, 5.74) is 0.692. The molecule has 0 aliphatic heterocycles. The molecule has 1 aromatic rings. The number of hydrogen-bond acceptors (Lipinski definition) is 4. The van der Waals surface area contributed by atoms with E-state index in [-0.39, 0.29) is 0 Å². The molecule has 1 aromatic carbocycles. The van der Waals surface area contributed by atoms with E-state index in [4.69, 9.17) is 9.47 Å². The maximum Gasteiger partial charge on any atom is 0.316 e. The second-order valence-electron chi connectivity index (χ2n) is 3.75. The van der Waals surface area contributed by atoms with Crippen molar-refractivity contribution in [3.05, 3.63) is 29.8 Å². The number of aliphatic hydroxyl groups excluding tert-OH is 1. The molecule has 1 rings (SSSR count). The lowest BCUT2D eigenvalue weighted by molar-refractivity contribution is -0.147. The molecular weight excluding hydrogens is 220 g/mol. The number of methoxy groups -OCH3 is 1. The van der Waals surface area contributed by atoms with Crippen LogP contribution in [0.5, 0.6) is 5.75 Å². The van der Waals surface area contributed by atoms with Gasteiger partial charge in [-0.1, -0.05) is 12.1 Å². The predicted octanol–water partition coefficient (Wildman–Crippen LogP) is 1.72. The molecule has 94 valence electrons. The molecule has 2 atom stereocenters. The summed E-state index contributed by atoms with van der Waals surface area (Å²) in [6.07, 6.45) is -0.804. The maximum absolute atomic E-state index is 11.8. The van der Waals surface area contributed by atoms with Gasteiger partial charge in [0.2, 0.25) is 0 Å². The van der Waals surface area contributed by atoms with Crippen molar-refractivity contribution in [3.63, 3.8) is 0 Å². The Labute approximate surface area is 101 Å². The minimum atomic E-state index is -0.804. The Kier molecular flexibility index (Phi) is 4.97. The van der Waals surface area contributed by atoms with Crippen molar-refractivity contribution in [3.8, 4) is 5.75 Å². The lowest BCUT2D eigenvalue weighted by Crippen LogP contribution is -2.25. The molecule has 0 fully saturated rings. The van der Waals surface area contributed by atoms with E-state index in [0.29, 0.717) is 17.9 Å². The Balaban J connectivity index is 3.00. The van der Waals surface area contributed by atoms with Gasteiger partial charge in [0, 0.05) is 0 Å². The van der Waals surface area contributed by atoms with Crippen molar-refractivity contribution < 1.29 is 19.4 Å². The van der Waals surface area contributed by atoms with Gasteiger partial charge in [0.05, 0.1) is 19.8 Å². The van der Waals surface area contributed by atoms with E-state index in [1.807, 2.05) is 0 Å². The quantitative estimate of drug-likeness (QED) is 0.794. The molecule has 0 unspecified atom stereocenters. The molecule has 4 heteroatoms. The van der Waals surface area contributed by atoms with E-state index in [2.05, 4.69) is 0 Å². The average Bonchev–Trinajstić information content (AvgIpc) is 2.29. The normalized spacial score (nSPS) is 13.9. The fraction of sp³-hybridized carbons (Fsp3) is 0.462. The molecule has 0 amide bonds. The van der Waals surface area contributed by atoms with Gasteiger partial charge in [-0.3, -0.25) is 4.79 Å². The minimum absolute atomic E-state index is 0.298. The number of esters is 1. The van der Waals surface area contributed by atoms with Gasteiger partial charge in [0.1, 0.15) is 11.7 Å². The smallest absolute Gasteiger partial charge is 0.316 e. The number of carbonyl (C=O) groups is 1. The first-order valence-electron chi connectivity index (χ1n) is 5.58. The van der Waals surface area contributed by atoms with Crippen molar-refractivity contribution in [2.24, 2.45) is 0 Å². The first-order chi connectivity index (χ1) is 8.10. The van der Waals surface area contributed by atoms with Crippen molar-refractivity contribution in [1.82, 2.24) is 0 Å². The Hall–Kier alpha value is -1.55. The van der Waals surface area contributed by atoms with Crippen LogP contribution in [-0.2, 0) is 9.53 Å². The topological polar surface area (TPSA) is 55.8 Å². The first-order valence-corrected chi connectivity index (χ1v) is 5.58. The van der Waals surface area contributed by atoms with Crippen molar-refractivity contribution in [1.29, 1.82) is 0 Å². The highest BCUT2D eigenvalue weighted by molar-refractivity contribution is 5.79. The number of aliphatic hydroxyl groups is 1. The highest BCUT2D eigenvalue weighted by atomic mass is 16.5. The second-order valence-corrected chi connectivity index (χ2v) is 3.75. The molecular formula is C13H18O4. The standard InChI is InChI=1S/C13H18O4/c1-4-17-13(15)12(9(2)14)10-6-5-7-11(8-10)16-3/h5-9,12,14H,4H2,1-3H3/t9-,12+/m0/s1. The van der Waals surface area contributed by atoms with Crippen LogP contribution in [0.25, 0.3) is 0 Å². The van der Waals surface area contributed by atoms with Crippen molar-refractivity contribution in [2.75, 3.05) is 13.7 Å². The molecule has 0 aliphatic carbocycles. The van der Waals surface area contributed by atoms with E-state index >= 15 is 0 Å². The van der Waals surface area contributed by atoms with Crippen LogP contribution in [-0.4, -0.2) is 30.9 Å². The van der Waals surface area contributed by atoms with Gasteiger partial charge in [-0.05, 0) is 31.5 Å². The fourth-order valence-corrected chi connectivity index (χ4v) is 1.68. The number of benzene rings is 1. The largest absolute Gasteiger partial charge is 0.497 e. The maximum atomic E-state index is 11.8. The lowest BCUT2D eigenvalue weighted by Gasteiger charge is -2.19. The van der Waals surface area contributed by atoms with Gasteiger partial charge in [-0.25, -0.2) is 0 Å². The number of ether oxygens (including phenoxy) is 2. The van der Waals surface area contributed by atoms with Gasteiger partial charge in [0.15, 0.2) is 0 Å². The molecule has 0 aromatic heterocycles. The Morgan fingerprint density at radius 2 is 2.18 bits per heavy atom. The Bertz CT molecular complexity index is 373. The summed E-state index contributed by atoms with van der Waals surface area (Å²) < 4.78 is 10.0. The summed E-state index contributed by atoms with van der Waals surface area (Å²) in [6.45, 7) is 3.61. The summed E-state index contributed by atoms with van der Waals surface area (Å²) in [6, 6.07) is 7.07. The SMILES string of the molecule is CCOC(=O)[C@@H](c1cccc(OC)c1)[C@H](C)O. The lowest BCUT2D eigenvalue weighted by atomic mass is 9.94. The summed E-state index contributed by atoms with van der Waals surface area (Å²) in [4.78, 5) is 11.8. The molecule has 0 saturated carbocycles. The molecule has 0 saturated heterocycles. The van der Waals surface area contributed by atoms with Gasteiger partial charge < -0.3 is 14.6 Å². The molecule has 1 N–H and O–H groups in total. The van der Waals surface area contributed by atoms with E-state index < -0.39 is 18.0 Å². The van der Waals surface area contributed by atoms with Gasteiger partial charge in [-0.15, -0.1) is 0 Å². The van der Waals surface area contributed by atoms with Crippen LogP contribution in [0, 0.1) is 0 Å². The van der Waals surface area contributed by atoms with Gasteiger partial charge in [-0.2, -0.15) is 0 Å². The number of hydrogen-bond donors (Lipinski definition) is 1. The molecule has 0 bridgehead atoms. The molecule has 17 heavy (non-hydrogen) atoms. The van der Waals surface area contributed by atoms with Crippen LogP contribution in [0.4, 0.5) is 0 Å². The van der Waals surface area contributed by atoms with Crippen LogP contribution in [0.15, 0.2) is 24.3 Å². The molecule has 4 nitrogen and oxygen atoms in total. The third-order valence-electron chi connectivity index (χ3n) is 2.48. The fourth-order valence-electron chi connectivity index (χ4n) is 1.68. The first kappa shape index (κ1) is 13.5. The zero-order valence-corrected chi connectivity index (χ0v) is 10.3. The van der Waals surface area contributed by atoms with E-state index in [9.17, 15) is 9.90 Å². The molecule has 0 aliphatic rings. The van der Waals surface area contributed by atoms with Gasteiger partial charge >= 0.3 is 5.97 Å². The Morgan fingerprint density at radius 3 is 2.71 bits per heavy atom. The number of carbonyl (C=O) groups excluding carboxylic acids is 1. The summed E-state index contributed by atoms with van der Waals surface area (Å²) >= 11 is 0. The van der Waals surface area contributed by atoms with Crippen LogP contribution in [0.3, 0.4) is 0 Å². The van der Waals surface area contributed by atoms with Crippen LogP contribution < -0.4 is 4.74 Å². The van der Waals surface area contributed by atoms with Crippen LogP contribution in [0.1, 0.15) is 25.3 Å². The van der Waals surface area contributed by atoms with E-state index in [1.165, 1.54) is 0 Å². The molecule has 0 heterocycles. The summed E-state index contributed by atoms with van der Waals surface area (Å²) in [5, 5.41) is 9.68. The van der Waals surface area contributed by atoms with Crippen molar-refractivity contribution in [2.45, 2.75) is 25.9 Å². The van der Waals surface area contributed by atoms with Crippen LogP contribution in [0.2, 0.25) is 0 Å². The summed E-state index contributed by atoms with van der Waals surface area (Å²) in [5.74, 6) is -0.446. The Morgan fingerprint density at radius 1 is 1.47 bits per heavy atom. The zero-order valence-electron chi connectivity index (χ0n) is 10.3. The molecule has 0 radical (unpaired) electrons. The molecule has 0 spiro atoms. The zero-order chi connectivity index (χ0) is 12.8. The van der Waals surface area contributed by atoms with Crippen molar-refractivity contribution >= 4 is 5.97 Å². The number of rotatable bonds is 5. The second kappa shape index (κ2) is 6.25. The summed E-state index contributed by atoms with van der Waals surface area (Å²) in [7, 11) is 1.56. The minimum Gasteiger partial charge on any atom is -0.497 e. The van der Waals surface area contributed by atoms with Crippen LogP contribution >= 0.6 is 0 Å². The highest BCUT2D eigenvalue weighted by Crippen LogP contribution is 2.25. The third kappa shape index (κ3) is 3.46. The average molecular weight is 238 g/mol. The predicted molar refractivity (Wildman–Crippen MR) is 64.0 cm³/mol. The van der Waals surface area contributed by atoms with E-state index in [0.717, 1.165) is 0 Å². The monoisotopic (exact) mass is 238 g/mol. The highest BCUT2D eigenvalue weighted by Gasteiger charge is 2.27. The third-order valence-corrected chi connectivity index (χ3v) is 2.48. The van der Waals surface area contributed by atoms with E-state index in [1.54, 1.807) is 45.2 Å². The van der Waals surface area contributed by atoms with Gasteiger partial charge in [0.25, 0.3) is 0 Å².